The molecule has 1 fully saturated rings. The van der Waals surface area contributed by atoms with Crippen LogP contribution in [0.15, 0.2) is 37.0 Å². The van der Waals surface area contributed by atoms with Crippen molar-refractivity contribution in [1.82, 2.24) is 0 Å². The summed E-state index contributed by atoms with van der Waals surface area (Å²) in [6, 6.07) is 0. The molecule has 0 atom stereocenters. The highest BCUT2D eigenvalue weighted by molar-refractivity contribution is 5.09. The predicted molar refractivity (Wildman–Crippen MR) is 62.6 cm³/mol. The molecule has 1 rings (SSSR count). The van der Waals surface area contributed by atoms with Gasteiger partial charge in [0, 0.05) is 12.8 Å². The Morgan fingerprint density at radius 3 is 2.53 bits per heavy atom. The summed E-state index contributed by atoms with van der Waals surface area (Å²) in [5.74, 6) is -0.354. The van der Waals surface area contributed by atoms with Crippen LogP contribution >= 0.6 is 0 Å². The zero-order chi connectivity index (χ0) is 11.0. The van der Waals surface area contributed by atoms with E-state index in [0.717, 1.165) is 32.5 Å². The van der Waals surface area contributed by atoms with E-state index in [1.165, 1.54) is 0 Å². The second-order valence-corrected chi connectivity index (χ2v) is 3.61. The Hall–Kier alpha value is -0.860. The molecule has 2 nitrogen and oxygen atoms in total. The molecule has 15 heavy (non-hydrogen) atoms. The lowest BCUT2D eigenvalue weighted by atomic mass is 10.1. The van der Waals surface area contributed by atoms with E-state index in [4.69, 9.17) is 9.47 Å². The van der Waals surface area contributed by atoms with Crippen molar-refractivity contribution in [3.63, 3.8) is 0 Å². The molecule has 0 bridgehead atoms. The van der Waals surface area contributed by atoms with E-state index in [-0.39, 0.29) is 5.79 Å². The molecule has 0 aromatic heterocycles. The van der Waals surface area contributed by atoms with E-state index in [1.807, 2.05) is 18.2 Å². The summed E-state index contributed by atoms with van der Waals surface area (Å²) in [5, 5.41) is 0. The average molecular weight is 208 g/mol. The average Bonchev–Trinajstić information content (AvgIpc) is 2.67. The van der Waals surface area contributed by atoms with Gasteiger partial charge in [-0.1, -0.05) is 50.3 Å². The smallest absolute Gasteiger partial charge is 0.171 e. The number of hydrogen-bond acceptors (Lipinski definition) is 2. The first-order valence-corrected chi connectivity index (χ1v) is 5.55. The fourth-order valence-electron chi connectivity index (χ4n) is 1.71. The van der Waals surface area contributed by atoms with Crippen molar-refractivity contribution in [2.45, 2.75) is 32.0 Å². The number of hydrogen-bond donors (Lipinski definition) is 0. The zero-order valence-electron chi connectivity index (χ0n) is 9.45. The minimum absolute atomic E-state index is 0.354. The fourth-order valence-corrected chi connectivity index (χ4v) is 1.71. The molecule has 0 saturated carbocycles. The molecule has 1 aliphatic heterocycles. The van der Waals surface area contributed by atoms with Crippen LogP contribution in [0.5, 0.6) is 0 Å². The van der Waals surface area contributed by atoms with Crippen molar-refractivity contribution in [1.29, 1.82) is 0 Å². The number of rotatable bonds is 6. The topological polar surface area (TPSA) is 18.5 Å². The second kappa shape index (κ2) is 6.59. The Balaban J connectivity index is 2.41. The standard InChI is InChI=1S/C13H20O2/c1-3-5-6-7-8-10-13(9-4-2)14-11-12-15-13/h3,5-8H,1,4,9-12H2,2H3. The van der Waals surface area contributed by atoms with Crippen LogP contribution in [0.25, 0.3) is 0 Å². The summed E-state index contributed by atoms with van der Waals surface area (Å²) in [5.41, 5.74) is 0. The van der Waals surface area contributed by atoms with Gasteiger partial charge in [-0.2, -0.15) is 0 Å². The number of allylic oxidation sites excluding steroid dienone is 4. The van der Waals surface area contributed by atoms with Crippen LogP contribution in [-0.4, -0.2) is 19.0 Å². The first kappa shape index (κ1) is 12.2. The van der Waals surface area contributed by atoms with Crippen LogP contribution in [0.3, 0.4) is 0 Å². The summed E-state index contributed by atoms with van der Waals surface area (Å²) in [4.78, 5) is 0. The first-order chi connectivity index (χ1) is 7.33. The van der Waals surface area contributed by atoms with Crippen LogP contribution < -0.4 is 0 Å². The molecule has 0 N–H and O–H groups in total. The van der Waals surface area contributed by atoms with Crippen LogP contribution in [-0.2, 0) is 9.47 Å². The van der Waals surface area contributed by atoms with Gasteiger partial charge in [0.1, 0.15) is 0 Å². The summed E-state index contributed by atoms with van der Waals surface area (Å²) in [6.07, 6.45) is 12.6. The van der Waals surface area contributed by atoms with Gasteiger partial charge in [0.25, 0.3) is 0 Å². The summed E-state index contributed by atoms with van der Waals surface area (Å²) in [6.45, 7) is 7.19. The van der Waals surface area contributed by atoms with Crippen LogP contribution in [0.4, 0.5) is 0 Å². The maximum Gasteiger partial charge on any atom is 0.171 e. The molecule has 0 unspecified atom stereocenters. The van der Waals surface area contributed by atoms with Gasteiger partial charge in [-0.15, -0.1) is 0 Å². The summed E-state index contributed by atoms with van der Waals surface area (Å²) < 4.78 is 11.3. The van der Waals surface area contributed by atoms with E-state index in [2.05, 4.69) is 19.6 Å². The molecular weight excluding hydrogens is 188 g/mol. The molecule has 0 radical (unpaired) electrons. The van der Waals surface area contributed by atoms with Gasteiger partial charge in [0.2, 0.25) is 0 Å². The van der Waals surface area contributed by atoms with Crippen molar-refractivity contribution in [3.8, 4) is 0 Å². The molecule has 84 valence electrons. The Kier molecular flexibility index (Phi) is 5.37. The third-order valence-corrected chi connectivity index (χ3v) is 2.37. The summed E-state index contributed by atoms with van der Waals surface area (Å²) >= 11 is 0. The third-order valence-electron chi connectivity index (χ3n) is 2.37. The van der Waals surface area contributed by atoms with Gasteiger partial charge >= 0.3 is 0 Å². The van der Waals surface area contributed by atoms with Gasteiger partial charge in [-0.3, -0.25) is 0 Å². The van der Waals surface area contributed by atoms with Crippen molar-refractivity contribution < 1.29 is 9.47 Å². The van der Waals surface area contributed by atoms with Crippen molar-refractivity contribution in [2.75, 3.05) is 13.2 Å². The number of ether oxygens (including phenoxy) is 2. The molecular formula is C13H20O2. The van der Waals surface area contributed by atoms with E-state index in [1.54, 1.807) is 6.08 Å². The van der Waals surface area contributed by atoms with E-state index in [9.17, 15) is 0 Å². The van der Waals surface area contributed by atoms with Crippen molar-refractivity contribution in [3.05, 3.63) is 37.0 Å². The second-order valence-electron chi connectivity index (χ2n) is 3.61. The molecule has 0 amide bonds. The molecule has 1 saturated heterocycles. The Labute approximate surface area is 92.3 Å². The summed E-state index contributed by atoms with van der Waals surface area (Å²) in [7, 11) is 0. The molecule has 2 heteroatoms. The van der Waals surface area contributed by atoms with Gasteiger partial charge in [0.15, 0.2) is 5.79 Å². The SMILES string of the molecule is C=CC=CC=CCC1(CCC)OCCO1. The molecule has 0 aliphatic carbocycles. The maximum atomic E-state index is 5.67. The Bertz CT molecular complexity index is 235. The minimum atomic E-state index is -0.354. The highest BCUT2D eigenvalue weighted by Crippen LogP contribution is 2.28. The lowest BCUT2D eigenvalue weighted by Crippen LogP contribution is -2.28. The molecule has 0 aromatic rings. The Morgan fingerprint density at radius 2 is 1.93 bits per heavy atom. The predicted octanol–water partition coefficient (Wildman–Crippen LogP) is 3.22. The zero-order valence-corrected chi connectivity index (χ0v) is 9.45. The molecule has 1 heterocycles. The van der Waals surface area contributed by atoms with Crippen molar-refractivity contribution >= 4 is 0 Å². The lowest BCUT2D eigenvalue weighted by Gasteiger charge is -2.25. The van der Waals surface area contributed by atoms with E-state index >= 15 is 0 Å². The molecule has 0 aromatic carbocycles. The normalized spacial score (nSPS) is 20.3. The highest BCUT2D eigenvalue weighted by atomic mass is 16.7. The third kappa shape index (κ3) is 4.02. The van der Waals surface area contributed by atoms with Gasteiger partial charge in [-0.05, 0) is 0 Å². The van der Waals surface area contributed by atoms with E-state index < -0.39 is 0 Å². The monoisotopic (exact) mass is 208 g/mol. The Morgan fingerprint density at radius 1 is 1.20 bits per heavy atom. The van der Waals surface area contributed by atoms with Gasteiger partial charge in [0.05, 0.1) is 13.2 Å². The van der Waals surface area contributed by atoms with Crippen LogP contribution in [0, 0.1) is 0 Å². The van der Waals surface area contributed by atoms with Gasteiger partial charge < -0.3 is 9.47 Å². The largest absolute Gasteiger partial charge is 0.347 e. The van der Waals surface area contributed by atoms with Crippen molar-refractivity contribution in [2.24, 2.45) is 0 Å². The highest BCUT2D eigenvalue weighted by Gasteiger charge is 2.33. The first-order valence-electron chi connectivity index (χ1n) is 5.55. The minimum Gasteiger partial charge on any atom is -0.347 e. The van der Waals surface area contributed by atoms with Gasteiger partial charge in [-0.25, -0.2) is 0 Å². The quantitative estimate of drug-likeness (QED) is 0.624. The fraction of sp³-hybridized carbons (Fsp3) is 0.538. The lowest BCUT2D eigenvalue weighted by molar-refractivity contribution is -0.159. The van der Waals surface area contributed by atoms with Crippen LogP contribution in [0.1, 0.15) is 26.2 Å². The molecule has 1 aliphatic rings. The maximum absolute atomic E-state index is 5.67. The molecule has 0 spiro atoms. The van der Waals surface area contributed by atoms with E-state index in [0.29, 0.717) is 0 Å². The van der Waals surface area contributed by atoms with Crippen LogP contribution in [0.2, 0.25) is 0 Å².